The highest BCUT2D eigenvalue weighted by molar-refractivity contribution is 9.10. The van der Waals surface area contributed by atoms with Crippen LogP contribution in [0, 0.1) is 0 Å². The van der Waals surface area contributed by atoms with Gasteiger partial charge in [-0.05, 0) is 56.9 Å². The molecule has 1 fully saturated rings. The van der Waals surface area contributed by atoms with Crippen LogP contribution in [0.4, 0.5) is 0 Å². The van der Waals surface area contributed by atoms with E-state index in [1.807, 2.05) is 17.1 Å². The van der Waals surface area contributed by atoms with Crippen molar-refractivity contribution in [3.63, 3.8) is 0 Å². The molecule has 0 saturated carbocycles. The summed E-state index contributed by atoms with van der Waals surface area (Å²) in [5.74, 6) is -0.776. The SMILES string of the molecule is CC(NP(=O)(OCC1(N=[N+]=[N-])OC(n2ccc(=O)[nH]c2=O)C(O)C1O)Oc1cc2ccccc2cc1Br)C(=O)OCc1ccccc1. The third-order valence-corrected chi connectivity index (χ3v) is 9.36. The first-order valence-corrected chi connectivity index (χ1v) is 16.3. The van der Waals surface area contributed by atoms with E-state index in [2.05, 4.69) is 31.0 Å². The number of halogens is 1. The average molecular weight is 731 g/mol. The zero-order chi connectivity index (χ0) is 33.8. The number of aliphatic hydroxyl groups excluding tert-OH is 2. The van der Waals surface area contributed by atoms with Gasteiger partial charge in [-0.3, -0.25) is 23.7 Å². The second-order valence-corrected chi connectivity index (χ2v) is 13.0. The normalized spacial score (nSPS) is 22.6. The summed E-state index contributed by atoms with van der Waals surface area (Å²) < 4.78 is 38.1. The summed E-state index contributed by atoms with van der Waals surface area (Å²) in [5, 5.41) is 29.3. The van der Waals surface area contributed by atoms with Crippen molar-refractivity contribution < 1.29 is 38.1 Å². The molecule has 4 N–H and O–H groups in total. The maximum absolute atomic E-state index is 14.4. The van der Waals surface area contributed by atoms with E-state index in [0.29, 0.717) is 15.4 Å². The van der Waals surface area contributed by atoms with Crippen molar-refractivity contribution in [2.24, 2.45) is 5.11 Å². The van der Waals surface area contributed by atoms with Crippen LogP contribution in [0.3, 0.4) is 0 Å². The van der Waals surface area contributed by atoms with E-state index in [-0.39, 0.29) is 12.4 Å². The fourth-order valence-corrected chi connectivity index (χ4v) is 6.82. The molecule has 2 heterocycles. The molecule has 246 valence electrons. The van der Waals surface area contributed by atoms with Gasteiger partial charge in [0.2, 0.25) is 5.72 Å². The topological polar surface area (TPSA) is 227 Å². The fraction of sp³-hybridized carbons (Fsp3) is 0.276. The third-order valence-electron chi connectivity index (χ3n) is 7.13. The van der Waals surface area contributed by atoms with Gasteiger partial charge in [-0.15, -0.1) is 0 Å². The Kier molecular flexibility index (Phi) is 10.3. The molecule has 1 aliphatic rings. The molecule has 0 aliphatic carbocycles. The number of aromatic nitrogens is 2. The van der Waals surface area contributed by atoms with Gasteiger partial charge < -0.3 is 24.2 Å². The predicted molar refractivity (Wildman–Crippen MR) is 170 cm³/mol. The molecule has 0 radical (unpaired) electrons. The van der Waals surface area contributed by atoms with Gasteiger partial charge in [-0.2, -0.15) is 5.09 Å². The summed E-state index contributed by atoms with van der Waals surface area (Å²) >= 11 is 3.39. The first-order chi connectivity index (χ1) is 22.4. The van der Waals surface area contributed by atoms with Crippen LogP contribution < -0.4 is 20.9 Å². The second-order valence-electron chi connectivity index (χ2n) is 10.4. The van der Waals surface area contributed by atoms with Crippen molar-refractivity contribution in [2.45, 2.75) is 43.7 Å². The Morgan fingerprint density at radius 1 is 1.17 bits per heavy atom. The molecule has 16 nitrogen and oxygen atoms in total. The van der Waals surface area contributed by atoms with Crippen LogP contribution in [0.2, 0.25) is 0 Å². The Hall–Kier alpha value is -4.31. The zero-order valence-electron chi connectivity index (χ0n) is 24.5. The number of esters is 1. The van der Waals surface area contributed by atoms with Crippen LogP contribution in [0.1, 0.15) is 18.7 Å². The average Bonchev–Trinajstić information content (AvgIpc) is 3.29. The van der Waals surface area contributed by atoms with Crippen molar-refractivity contribution in [1.29, 1.82) is 0 Å². The van der Waals surface area contributed by atoms with Gasteiger partial charge in [0, 0.05) is 17.2 Å². The van der Waals surface area contributed by atoms with Gasteiger partial charge >= 0.3 is 19.4 Å². The number of nitrogens with zero attached hydrogens (tertiary/aromatic N) is 4. The van der Waals surface area contributed by atoms with Crippen molar-refractivity contribution >= 4 is 40.4 Å². The summed E-state index contributed by atoms with van der Waals surface area (Å²) in [7, 11) is -4.68. The van der Waals surface area contributed by atoms with Crippen LogP contribution in [0.25, 0.3) is 21.2 Å². The highest BCUT2D eigenvalue weighted by Gasteiger charge is 2.56. The number of carbonyl (C=O) groups is 1. The summed E-state index contributed by atoms with van der Waals surface area (Å²) in [5.41, 5.74) is 5.87. The number of aromatic amines is 1. The molecular weight excluding hydrogens is 703 g/mol. The Morgan fingerprint density at radius 2 is 1.85 bits per heavy atom. The monoisotopic (exact) mass is 730 g/mol. The summed E-state index contributed by atoms with van der Waals surface area (Å²) in [4.78, 5) is 41.5. The van der Waals surface area contributed by atoms with E-state index >= 15 is 0 Å². The molecule has 3 aromatic carbocycles. The molecule has 0 amide bonds. The highest BCUT2D eigenvalue weighted by Crippen LogP contribution is 2.50. The van der Waals surface area contributed by atoms with Crippen LogP contribution in [0.5, 0.6) is 5.75 Å². The number of ether oxygens (including phenoxy) is 2. The van der Waals surface area contributed by atoms with E-state index in [4.69, 9.17) is 18.5 Å². The molecule has 0 spiro atoms. The van der Waals surface area contributed by atoms with Crippen molar-refractivity contribution in [1.82, 2.24) is 14.6 Å². The number of aliphatic hydroxyl groups is 2. The van der Waals surface area contributed by atoms with E-state index in [0.717, 1.165) is 22.2 Å². The number of carbonyl (C=O) groups excluding carboxylic acids is 1. The molecule has 1 aliphatic heterocycles. The minimum atomic E-state index is -4.68. The lowest BCUT2D eigenvalue weighted by Gasteiger charge is -2.29. The first kappa shape index (κ1) is 34.0. The number of fused-ring (bicyclic) bond motifs is 1. The summed E-state index contributed by atoms with van der Waals surface area (Å²) in [6, 6.07) is 19.1. The first-order valence-electron chi connectivity index (χ1n) is 14.0. The number of hydrogen-bond donors (Lipinski definition) is 4. The molecule has 6 unspecified atom stereocenters. The maximum Gasteiger partial charge on any atom is 0.459 e. The number of hydrogen-bond acceptors (Lipinski definition) is 11. The number of H-pyrrole nitrogens is 1. The fourth-order valence-electron chi connectivity index (χ4n) is 4.73. The Balaban J connectivity index is 1.43. The molecule has 6 atom stereocenters. The lowest BCUT2D eigenvalue weighted by atomic mass is 10.1. The predicted octanol–water partition coefficient (Wildman–Crippen LogP) is 3.63. The second kappa shape index (κ2) is 14.2. The molecule has 1 saturated heterocycles. The smallest absolute Gasteiger partial charge is 0.459 e. The van der Waals surface area contributed by atoms with Crippen LogP contribution >= 0.6 is 23.7 Å². The number of azide groups is 1. The van der Waals surface area contributed by atoms with E-state index < -0.39 is 61.8 Å². The molecular formula is C29H28BrN6O10P. The van der Waals surface area contributed by atoms with Gasteiger partial charge in [-0.25, -0.2) is 9.36 Å². The molecule has 1 aromatic heterocycles. The number of rotatable bonds is 12. The quantitative estimate of drug-likeness (QED) is 0.0541. The Morgan fingerprint density at radius 3 is 2.53 bits per heavy atom. The van der Waals surface area contributed by atoms with Gasteiger partial charge in [0.1, 0.15) is 30.6 Å². The minimum Gasteiger partial charge on any atom is -0.460 e. The largest absolute Gasteiger partial charge is 0.460 e. The standard InChI is InChI=1S/C29H28BrN6O10P/c1-17(27(40)43-15-18-7-3-2-4-8-18)33-47(42,46-22-14-20-10-6-5-9-19(20)13-21(22)30)44-16-29(34-35-31)25(39)24(38)26(45-29)36-12-11-23(37)32-28(36)41/h2-14,17,24-26,38-39H,15-16H2,1H3,(H,33,42)(H,32,37,41). The third kappa shape index (κ3) is 7.64. The van der Waals surface area contributed by atoms with Gasteiger partial charge in [-0.1, -0.05) is 59.7 Å². The Labute approximate surface area is 274 Å². The molecule has 18 heteroatoms. The summed E-state index contributed by atoms with van der Waals surface area (Å²) in [6.07, 6.45) is -4.58. The molecule has 0 bridgehead atoms. The maximum atomic E-state index is 14.4. The van der Waals surface area contributed by atoms with Crippen LogP contribution in [-0.2, 0) is 30.0 Å². The van der Waals surface area contributed by atoms with E-state index in [1.165, 1.54) is 6.92 Å². The lowest BCUT2D eigenvalue weighted by Crippen LogP contribution is -2.45. The van der Waals surface area contributed by atoms with Crippen molar-refractivity contribution in [3.05, 3.63) is 120 Å². The van der Waals surface area contributed by atoms with Crippen LogP contribution in [-0.4, -0.2) is 56.3 Å². The minimum absolute atomic E-state index is 0.0350. The highest BCUT2D eigenvalue weighted by atomic mass is 79.9. The molecule has 47 heavy (non-hydrogen) atoms. The lowest BCUT2D eigenvalue weighted by molar-refractivity contribution is -0.146. The van der Waals surface area contributed by atoms with Gasteiger partial charge in [0.25, 0.3) is 5.56 Å². The zero-order valence-corrected chi connectivity index (χ0v) is 27.0. The molecule has 4 aromatic rings. The van der Waals surface area contributed by atoms with E-state index in [9.17, 15) is 34.7 Å². The van der Waals surface area contributed by atoms with Crippen molar-refractivity contribution in [2.75, 3.05) is 6.61 Å². The Bertz CT molecular complexity index is 1990. The number of nitrogens with one attached hydrogen (secondary N) is 2. The van der Waals surface area contributed by atoms with Crippen molar-refractivity contribution in [3.8, 4) is 5.75 Å². The van der Waals surface area contributed by atoms with Crippen LogP contribution in [0.15, 0.2) is 98.2 Å². The van der Waals surface area contributed by atoms with E-state index in [1.54, 1.807) is 54.6 Å². The molecule has 5 rings (SSSR count). The van der Waals surface area contributed by atoms with Gasteiger partial charge in [0.15, 0.2) is 6.23 Å². The summed E-state index contributed by atoms with van der Waals surface area (Å²) in [6.45, 7) is 0.275. The van der Waals surface area contributed by atoms with Gasteiger partial charge in [0.05, 0.1) is 11.1 Å². The number of benzene rings is 3.